The second-order valence-corrected chi connectivity index (χ2v) is 36.1. The maximum atomic E-state index is 13.6. The fourth-order valence-electron chi connectivity index (χ4n) is 14.7. The molecule has 2 saturated heterocycles. The molecule has 0 radical (unpaired) electrons. The Morgan fingerprint density at radius 2 is 0.904 bits per heavy atom. The number of aromatic nitrogens is 4. The highest BCUT2D eigenvalue weighted by atomic mass is 35.5. The lowest BCUT2D eigenvalue weighted by atomic mass is 9.60. The van der Waals surface area contributed by atoms with Crippen molar-refractivity contribution in [2.45, 2.75) is 210 Å². The van der Waals surface area contributed by atoms with E-state index in [2.05, 4.69) is 62.1 Å². The van der Waals surface area contributed by atoms with Crippen LogP contribution in [-0.2, 0) is 40.5 Å². The molecule has 114 heavy (non-hydrogen) atoms. The Kier molecular flexibility index (Phi) is 29.1. The van der Waals surface area contributed by atoms with E-state index in [1.807, 2.05) is 136 Å². The van der Waals surface area contributed by atoms with Gasteiger partial charge in [0.15, 0.2) is 0 Å². The Morgan fingerprint density at radius 1 is 0.535 bits per heavy atom. The molecular formula is C84H103ClF6N10O10S3. The molecule has 2 saturated carbocycles. The second kappa shape index (κ2) is 37.3. The molecule has 0 bridgehead atoms. The van der Waals surface area contributed by atoms with E-state index in [1.54, 1.807) is 14.7 Å². The molecule has 5 amide bonds. The van der Waals surface area contributed by atoms with E-state index < -0.39 is 54.8 Å². The summed E-state index contributed by atoms with van der Waals surface area (Å²) in [7, 11) is 0. The maximum Gasteiger partial charge on any atom is 0.410 e. The highest BCUT2D eigenvalue weighted by molar-refractivity contribution is 7.14. The summed E-state index contributed by atoms with van der Waals surface area (Å²) < 4.78 is 98.3. The van der Waals surface area contributed by atoms with Crippen molar-refractivity contribution in [2.24, 2.45) is 21.7 Å². The van der Waals surface area contributed by atoms with Crippen molar-refractivity contribution >= 4 is 116 Å². The smallest absolute Gasteiger partial charge is 0.410 e. The molecule has 4 aromatic carbocycles. The van der Waals surface area contributed by atoms with Gasteiger partial charge in [0.25, 0.3) is 31.1 Å². The van der Waals surface area contributed by atoms with E-state index in [0.29, 0.717) is 53.9 Å². The van der Waals surface area contributed by atoms with Gasteiger partial charge in [-0.2, -0.15) is 0 Å². The lowest BCUT2D eigenvalue weighted by molar-refractivity contribution is -0.0223. The van der Waals surface area contributed by atoms with Gasteiger partial charge in [0, 0.05) is 50.3 Å². The third-order valence-corrected chi connectivity index (χ3v) is 25.0. The highest BCUT2D eigenvalue weighted by Crippen LogP contribution is 2.57. The number of hydrogen-bond acceptors (Lipinski definition) is 15. The topological polar surface area (TPSA) is 232 Å². The quantitative estimate of drug-likeness (QED) is 0.0411. The van der Waals surface area contributed by atoms with Gasteiger partial charge in [-0.15, -0.1) is 46.4 Å². The molecule has 2 atom stereocenters. The number of likely N-dealkylation sites (tertiary alicyclic amines) is 1. The van der Waals surface area contributed by atoms with Crippen molar-refractivity contribution in [3.63, 3.8) is 0 Å². The minimum absolute atomic E-state index is 0. The highest BCUT2D eigenvalue weighted by Gasteiger charge is 2.50. The first-order valence-electron chi connectivity index (χ1n) is 37.6. The second-order valence-electron chi connectivity index (χ2n) is 32.7. The lowest BCUT2D eigenvalue weighted by Gasteiger charge is -2.52. The number of rotatable bonds is 20. The van der Waals surface area contributed by atoms with Gasteiger partial charge < -0.3 is 48.5 Å². The first kappa shape index (κ1) is 88.9. The summed E-state index contributed by atoms with van der Waals surface area (Å²) in [5.74, 6) is -1.38. The monoisotopic (exact) mass is 1660 g/mol. The number of benzene rings is 4. The number of halogens is 7. The summed E-state index contributed by atoms with van der Waals surface area (Å²) in [6.45, 7) is 26.4. The first-order valence-corrected chi connectivity index (χ1v) is 40.0. The van der Waals surface area contributed by atoms with Gasteiger partial charge >= 0.3 is 24.2 Å². The summed E-state index contributed by atoms with van der Waals surface area (Å²) in [4.78, 5) is 91.5. The average Bonchev–Trinajstić information content (AvgIpc) is 1.47. The van der Waals surface area contributed by atoms with Crippen LogP contribution < -0.4 is 16.0 Å². The van der Waals surface area contributed by atoms with Crippen molar-refractivity contribution in [3.05, 3.63) is 185 Å². The number of carboxylic acid groups (broad SMARTS) is 1. The number of alkyl halides is 6. The molecule has 616 valence electrons. The molecule has 20 nitrogen and oxygen atoms in total. The van der Waals surface area contributed by atoms with E-state index in [1.165, 1.54) is 30.3 Å². The van der Waals surface area contributed by atoms with Crippen molar-refractivity contribution in [1.82, 2.24) is 39.1 Å². The van der Waals surface area contributed by atoms with Crippen molar-refractivity contribution in [1.29, 1.82) is 0 Å². The lowest BCUT2D eigenvalue weighted by Crippen LogP contribution is -2.50. The van der Waals surface area contributed by atoms with Crippen LogP contribution >= 0.6 is 46.4 Å². The normalized spacial score (nSPS) is 16.4. The largest absolute Gasteiger partial charge is 0.477 e. The van der Waals surface area contributed by atoms with Crippen LogP contribution in [0.2, 0.25) is 0 Å². The predicted octanol–water partition coefficient (Wildman–Crippen LogP) is 22.2. The minimum atomic E-state index is -2.66. The summed E-state index contributed by atoms with van der Waals surface area (Å²) in [5.41, 5.74) is 5.94. The Labute approximate surface area is 679 Å². The minimum Gasteiger partial charge on any atom is -0.477 e. The number of ether oxygens (including phenoxy) is 3. The Morgan fingerprint density at radius 3 is 1.25 bits per heavy atom. The Balaban J connectivity index is 0.000000228. The van der Waals surface area contributed by atoms with Crippen LogP contribution in [-0.4, -0.2) is 119 Å². The fraction of sp³-hybridized carbons (Fsp3) is 0.476. The summed E-state index contributed by atoms with van der Waals surface area (Å²) in [6.07, 6.45) is -1.39. The number of aromatic carboxylic acids is 1. The third kappa shape index (κ3) is 21.9. The van der Waals surface area contributed by atoms with E-state index in [-0.39, 0.29) is 121 Å². The first-order chi connectivity index (χ1) is 52.9. The van der Waals surface area contributed by atoms with E-state index in [4.69, 9.17) is 29.3 Å². The van der Waals surface area contributed by atoms with Crippen LogP contribution in [0.4, 0.5) is 52.6 Å². The number of anilines is 2. The number of thiophene rings is 3. The van der Waals surface area contributed by atoms with E-state index in [0.717, 1.165) is 126 Å². The number of piperidine rings is 2. The Bertz CT molecular complexity index is 4770. The van der Waals surface area contributed by atoms with Gasteiger partial charge in [0.2, 0.25) is 11.9 Å². The Hall–Kier alpha value is -9.03. The van der Waals surface area contributed by atoms with Crippen molar-refractivity contribution < 1.29 is 74.4 Å². The molecular weight excluding hydrogens is 1550 g/mol. The zero-order chi connectivity index (χ0) is 80.8. The standard InChI is InChI=1S/C41H51F2N5O5S.C36H43F2N5O3S.C6H4F2O2S.CH4.ClH/c1-26(39(2,3)4)47(38(51)52-25-27-11-9-8-10-12-27)24-28-13-14-31-30(21-28)44-36(45-35(49)33-16-15-32(54-33)34(42)43)48(31)29-22-41(23-29)17-19-46(20-18-41)37(50)53-40(5,6)7;1-23(35(2,3)4)42(34(45)46-22-24-8-6-5-7-9-24)21-25-10-11-28-27(18-25)40-33(41-32(44)30-13-12-29(47-30)31(37)38)43(28)26-19-36(20-26)14-16-39-17-15-36;7-5(8)3-1-2-4(11-3)6(9)10;;/h8-16,21,26,29,34H,17-20,22-25H2,1-7H3,(H,44,45,49);5-13,18,23,26,31,39H,14-17,19-22H2,1-4H3,(H,40,41,44);1-2,5H,(H,9,10);1H4;1H/t26-;23-;;;/m00.../s1. The molecule has 13 rings (SSSR count). The molecule has 2 spiro atoms. The number of hydrogen-bond donors (Lipinski definition) is 4. The number of fused-ring (bicyclic) bond motifs is 2. The molecule has 2 aliphatic carbocycles. The van der Waals surface area contributed by atoms with Gasteiger partial charge in [0.05, 0.1) is 46.5 Å². The zero-order valence-corrected chi connectivity index (χ0v) is 68.5. The maximum absolute atomic E-state index is 13.6. The van der Waals surface area contributed by atoms with Crippen LogP contribution in [0.3, 0.4) is 0 Å². The zero-order valence-electron chi connectivity index (χ0n) is 65.2. The van der Waals surface area contributed by atoms with E-state index in [9.17, 15) is 55.1 Å². The number of amides is 5. The molecule has 4 fully saturated rings. The molecule has 30 heteroatoms. The van der Waals surface area contributed by atoms with Crippen LogP contribution in [0.25, 0.3) is 22.1 Å². The number of carbonyl (C=O) groups excluding carboxylic acids is 5. The SMILES string of the molecule is C.C[C@H](N(Cc1ccc2c(c1)nc(NC(=O)c1ccc(C(F)F)s1)n2C1CC2(CCN(C(=O)OC(C)(C)C)CC2)C1)C(=O)OCc1ccccc1)C(C)(C)C.C[C@H](N(Cc1ccc2c(c1)nc(NC(=O)c1ccc(C(F)F)s1)n2C1CC2(CCNCC2)C1)C(=O)OCc1ccccc1)C(C)(C)C.Cl.O=C(O)c1ccc(C(F)F)s1. The number of imidazole rings is 2. The van der Waals surface area contributed by atoms with Crippen LogP contribution in [0, 0.1) is 21.7 Å². The predicted molar refractivity (Wildman–Crippen MR) is 437 cm³/mol. The summed E-state index contributed by atoms with van der Waals surface area (Å²) >= 11 is 2.15. The molecule has 4 aliphatic rings. The molecule has 4 N–H and O–H groups in total. The van der Waals surface area contributed by atoms with Gasteiger partial charge in [-0.3, -0.25) is 20.2 Å². The molecule has 7 heterocycles. The van der Waals surface area contributed by atoms with Crippen molar-refractivity contribution in [2.75, 3.05) is 36.8 Å². The van der Waals surface area contributed by atoms with Crippen LogP contribution in [0.1, 0.15) is 232 Å². The average molecular weight is 1660 g/mol. The number of carboxylic acids is 1. The number of nitrogens with zero attached hydrogens (tertiary/aromatic N) is 7. The fourth-order valence-corrected chi connectivity index (χ4v) is 16.9. The molecule has 9 aromatic rings. The van der Waals surface area contributed by atoms with E-state index >= 15 is 0 Å². The number of carbonyl (C=O) groups is 6. The summed E-state index contributed by atoms with van der Waals surface area (Å²) in [6, 6.07) is 38.6. The van der Waals surface area contributed by atoms with Crippen molar-refractivity contribution in [3.8, 4) is 0 Å². The van der Waals surface area contributed by atoms with Gasteiger partial charge in [0.1, 0.15) is 23.7 Å². The van der Waals surface area contributed by atoms with Crippen LogP contribution in [0.5, 0.6) is 0 Å². The van der Waals surface area contributed by atoms with Crippen LogP contribution in [0.15, 0.2) is 133 Å². The van der Waals surface area contributed by atoms with Gasteiger partial charge in [-0.1, -0.05) is 122 Å². The molecule has 2 aliphatic heterocycles. The van der Waals surface area contributed by atoms with Gasteiger partial charge in [-0.25, -0.2) is 55.5 Å². The number of nitrogens with one attached hydrogen (secondary N) is 3. The van der Waals surface area contributed by atoms with Gasteiger partial charge in [-0.05, 0) is 204 Å². The molecule has 5 aromatic heterocycles. The molecule has 0 unspecified atom stereocenters. The third-order valence-electron chi connectivity index (χ3n) is 21.7. The summed E-state index contributed by atoms with van der Waals surface area (Å²) in [5, 5.41) is 17.7.